The number of pyridine rings is 1. The summed E-state index contributed by atoms with van der Waals surface area (Å²) in [7, 11) is 0. The van der Waals surface area contributed by atoms with Crippen LogP contribution in [0.1, 0.15) is 31.7 Å². The highest BCUT2D eigenvalue weighted by atomic mass is 35.5. The van der Waals surface area contributed by atoms with Crippen molar-refractivity contribution >= 4 is 23.3 Å². The lowest BCUT2D eigenvalue weighted by molar-refractivity contribution is 0.0933. The van der Waals surface area contributed by atoms with Crippen LogP contribution in [0.4, 0.5) is 4.79 Å². The van der Waals surface area contributed by atoms with Crippen molar-refractivity contribution in [3.63, 3.8) is 0 Å². The molecule has 0 aromatic carbocycles. The average molecular weight is 293 g/mol. The lowest BCUT2D eigenvalue weighted by Gasteiger charge is -2.33. The van der Waals surface area contributed by atoms with E-state index in [-0.39, 0.29) is 18.2 Å². The minimum absolute atomic E-state index is 0.151. The van der Waals surface area contributed by atoms with E-state index in [0.717, 1.165) is 24.8 Å². The predicted octanol–water partition coefficient (Wildman–Crippen LogP) is 3.51. The van der Waals surface area contributed by atoms with Gasteiger partial charge in [-0.15, -0.1) is 0 Å². The van der Waals surface area contributed by atoms with Crippen molar-refractivity contribution < 1.29 is 9.53 Å². The molecule has 0 aliphatic carbocycles. The molecule has 1 aromatic heterocycles. The number of halogens is 1. The van der Waals surface area contributed by atoms with Crippen LogP contribution in [-0.4, -0.2) is 34.7 Å². The summed E-state index contributed by atoms with van der Waals surface area (Å²) in [6.07, 6.45) is 6.68. The Balaban J connectivity index is 1.83. The van der Waals surface area contributed by atoms with E-state index in [2.05, 4.69) is 11.1 Å². The molecule has 2 bridgehead atoms. The van der Waals surface area contributed by atoms with Gasteiger partial charge in [0.05, 0.1) is 12.6 Å². The van der Waals surface area contributed by atoms with Gasteiger partial charge in [-0.1, -0.05) is 23.7 Å². The van der Waals surface area contributed by atoms with Gasteiger partial charge in [-0.3, -0.25) is 4.90 Å². The number of carbonyl (C=O) groups is 1. The van der Waals surface area contributed by atoms with Gasteiger partial charge in [0, 0.05) is 12.2 Å². The fraction of sp³-hybridized carbons (Fsp3) is 0.467. The van der Waals surface area contributed by atoms with E-state index >= 15 is 0 Å². The zero-order valence-corrected chi connectivity index (χ0v) is 12.1. The number of hydrogen-bond acceptors (Lipinski definition) is 3. The Labute approximate surface area is 123 Å². The Bertz CT molecular complexity index is 541. The number of carbonyl (C=O) groups excluding carboxylic acids is 1. The Morgan fingerprint density at radius 1 is 1.50 bits per heavy atom. The maximum atomic E-state index is 12.0. The van der Waals surface area contributed by atoms with Crippen LogP contribution in [0.5, 0.6) is 0 Å². The summed E-state index contributed by atoms with van der Waals surface area (Å²) in [5, 5.41) is 0.501. The third kappa shape index (κ3) is 2.40. The zero-order valence-electron chi connectivity index (χ0n) is 11.4. The molecular weight excluding hydrogens is 276 g/mol. The lowest BCUT2D eigenvalue weighted by atomic mass is 9.96. The molecule has 2 aliphatic rings. The molecule has 0 unspecified atom stereocenters. The molecule has 5 heteroatoms. The SMILES string of the molecule is CCOC(=O)N1[C@H]2CC[C@@H]1C=C(c1ccc(Cl)nc1)C2. The number of ether oxygens (including phenoxy) is 1. The minimum Gasteiger partial charge on any atom is -0.450 e. The molecule has 0 N–H and O–H groups in total. The van der Waals surface area contributed by atoms with Crippen LogP contribution in [0.15, 0.2) is 24.4 Å². The molecule has 1 aromatic rings. The minimum atomic E-state index is -0.190. The van der Waals surface area contributed by atoms with Crippen molar-refractivity contribution in [2.45, 2.75) is 38.3 Å². The number of rotatable bonds is 2. The predicted molar refractivity (Wildman–Crippen MR) is 77.5 cm³/mol. The average Bonchev–Trinajstić information content (AvgIpc) is 2.71. The molecule has 0 saturated carbocycles. The second-order valence-corrected chi connectivity index (χ2v) is 5.56. The molecule has 3 heterocycles. The van der Waals surface area contributed by atoms with E-state index in [1.54, 1.807) is 12.3 Å². The monoisotopic (exact) mass is 292 g/mol. The number of nitrogens with zero attached hydrogens (tertiary/aromatic N) is 2. The van der Waals surface area contributed by atoms with Crippen LogP contribution in [0.2, 0.25) is 5.15 Å². The standard InChI is InChI=1S/C15H17ClN2O2/c1-2-20-15(19)18-12-4-5-13(18)8-11(7-12)10-3-6-14(16)17-9-10/h3,6-7,9,12-13H,2,4-5,8H2,1H3/t12-,13+/m1/s1. The van der Waals surface area contributed by atoms with Gasteiger partial charge in [-0.25, -0.2) is 9.78 Å². The summed E-state index contributed by atoms with van der Waals surface area (Å²) in [5.74, 6) is 0. The molecule has 20 heavy (non-hydrogen) atoms. The first-order chi connectivity index (χ1) is 9.69. The molecule has 1 saturated heterocycles. The first-order valence-electron chi connectivity index (χ1n) is 6.96. The van der Waals surface area contributed by atoms with E-state index < -0.39 is 0 Å². The second kappa shape index (κ2) is 5.44. The van der Waals surface area contributed by atoms with Crippen LogP contribution < -0.4 is 0 Å². The fourth-order valence-electron chi connectivity index (χ4n) is 3.09. The highest BCUT2D eigenvalue weighted by Crippen LogP contribution is 2.38. The van der Waals surface area contributed by atoms with Crippen molar-refractivity contribution in [2.75, 3.05) is 6.61 Å². The number of aromatic nitrogens is 1. The number of amides is 1. The van der Waals surface area contributed by atoms with E-state index in [1.807, 2.05) is 17.9 Å². The first kappa shape index (κ1) is 13.4. The van der Waals surface area contributed by atoms with Gasteiger partial charge < -0.3 is 4.74 Å². The zero-order chi connectivity index (χ0) is 14.1. The summed E-state index contributed by atoms with van der Waals surface area (Å²) in [6, 6.07) is 4.19. The van der Waals surface area contributed by atoms with Crippen LogP contribution >= 0.6 is 11.6 Å². The molecule has 106 valence electrons. The maximum Gasteiger partial charge on any atom is 0.410 e. The van der Waals surface area contributed by atoms with Gasteiger partial charge in [0.1, 0.15) is 5.15 Å². The van der Waals surface area contributed by atoms with Gasteiger partial charge in [0.2, 0.25) is 0 Å². The Hall–Kier alpha value is -1.55. The van der Waals surface area contributed by atoms with Gasteiger partial charge in [0.25, 0.3) is 0 Å². The number of fused-ring (bicyclic) bond motifs is 2. The molecule has 1 amide bonds. The maximum absolute atomic E-state index is 12.0. The van der Waals surface area contributed by atoms with Crippen molar-refractivity contribution in [2.24, 2.45) is 0 Å². The smallest absolute Gasteiger partial charge is 0.410 e. The van der Waals surface area contributed by atoms with E-state index in [9.17, 15) is 4.79 Å². The molecule has 2 atom stereocenters. The second-order valence-electron chi connectivity index (χ2n) is 5.17. The summed E-state index contributed by atoms with van der Waals surface area (Å²) < 4.78 is 5.15. The Morgan fingerprint density at radius 2 is 2.35 bits per heavy atom. The molecule has 3 rings (SSSR count). The van der Waals surface area contributed by atoms with Crippen molar-refractivity contribution in [3.8, 4) is 0 Å². The Kier molecular flexibility index (Phi) is 3.66. The van der Waals surface area contributed by atoms with E-state index in [0.29, 0.717) is 11.8 Å². The molecular formula is C15H17ClN2O2. The topological polar surface area (TPSA) is 42.4 Å². The third-order valence-corrected chi connectivity index (χ3v) is 4.20. The van der Waals surface area contributed by atoms with E-state index in [1.165, 1.54) is 5.57 Å². The van der Waals surface area contributed by atoms with Crippen molar-refractivity contribution in [3.05, 3.63) is 35.1 Å². The Morgan fingerprint density at radius 3 is 3.00 bits per heavy atom. The van der Waals surface area contributed by atoms with Crippen LogP contribution in [0.3, 0.4) is 0 Å². The number of hydrogen-bond donors (Lipinski definition) is 0. The van der Waals surface area contributed by atoms with Gasteiger partial charge >= 0.3 is 6.09 Å². The third-order valence-electron chi connectivity index (χ3n) is 3.97. The molecule has 0 radical (unpaired) electrons. The van der Waals surface area contributed by atoms with E-state index in [4.69, 9.17) is 16.3 Å². The van der Waals surface area contributed by atoms with Gasteiger partial charge in [-0.05, 0) is 43.4 Å². The molecule has 4 nitrogen and oxygen atoms in total. The fourth-order valence-corrected chi connectivity index (χ4v) is 3.20. The highest BCUT2D eigenvalue weighted by molar-refractivity contribution is 6.29. The molecule has 2 aliphatic heterocycles. The van der Waals surface area contributed by atoms with Crippen LogP contribution in [0, 0.1) is 0 Å². The summed E-state index contributed by atoms with van der Waals surface area (Å²) >= 11 is 5.82. The normalized spacial score (nSPS) is 24.5. The molecule has 1 fully saturated rings. The highest BCUT2D eigenvalue weighted by Gasteiger charge is 2.40. The summed E-state index contributed by atoms with van der Waals surface area (Å²) in [4.78, 5) is 18.0. The first-order valence-corrected chi connectivity index (χ1v) is 7.34. The lowest BCUT2D eigenvalue weighted by Crippen LogP contribution is -2.43. The quantitative estimate of drug-likeness (QED) is 0.783. The van der Waals surface area contributed by atoms with Crippen molar-refractivity contribution in [1.82, 2.24) is 9.88 Å². The largest absolute Gasteiger partial charge is 0.450 e. The van der Waals surface area contributed by atoms with Crippen LogP contribution in [-0.2, 0) is 4.74 Å². The van der Waals surface area contributed by atoms with Gasteiger partial charge in [-0.2, -0.15) is 0 Å². The summed E-state index contributed by atoms with van der Waals surface area (Å²) in [5.41, 5.74) is 2.34. The van der Waals surface area contributed by atoms with Gasteiger partial charge in [0.15, 0.2) is 0 Å². The van der Waals surface area contributed by atoms with Crippen LogP contribution in [0.25, 0.3) is 5.57 Å². The van der Waals surface area contributed by atoms with Crippen molar-refractivity contribution in [1.29, 1.82) is 0 Å². The molecule has 0 spiro atoms. The summed E-state index contributed by atoms with van der Waals surface area (Å²) in [6.45, 7) is 2.26.